The second kappa shape index (κ2) is 4.53. The fraction of sp³-hybridized carbons (Fsp3) is 0.167. The molecule has 0 bridgehead atoms. The lowest BCUT2D eigenvalue weighted by atomic mass is 9.94. The van der Waals surface area contributed by atoms with Crippen LogP contribution < -0.4 is 5.73 Å². The predicted octanol–water partition coefficient (Wildman–Crippen LogP) is 3.57. The van der Waals surface area contributed by atoms with Gasteiger partial charge in [-0.25, -0.2) is 4.39 Å². The van der Waals surface area contributed by atoms with Crippen LogP contribution in [0.15, 0.2) is 42.5 Å². The summed E-state index contributed by atoms with van der Waals surface area (Å²) >= 11 is 7.05. The van der Waals surface area contributed by atoms with E-state index in [1.807, 2.05) is 6.07 Å². The van der Waals surface area contributed by atoms with Crippen LogP contribution in [-0.2, 0) is 5.67 Å². The molecule has 84 valence electrons. The summed E-state index contributed by atoms with van der Waals surface area (Å²) in [7, 11) is 0. The molecule has 1 atom stereocenters. The maximum Gasteiger partial charge on any atom is 0.182 e. The second-order valence-corrected chi connectivity index (χ2v) is 5.19. The summed E-state index contributed by atoms with van der Waals surface area (Å²) in [6.45, 7) is -0.0894. The molecule has 1 aromatic carbocycles. The Morgan fingerprint density at radius 2 is 1.88 bits per heavy atom. The number of alkyl halides is 1. The van der Waals surface area contributed by atoms with Crippen molar-refractivity contribution in [3.63, 3.8) is 0 Å². The average molecular weight is 256 g/mol. The average Bonchev–Trinajstić information content (AvgIpc) is 2.76. The highest BCUT2D eigenvalue weighted by Gasteiger charge is 2.34. The van der Waals surface area contributed by atoms with E-state index < -0.39 is 5.67 Å². The quantitative estimate of drug-likeness (QED) is 0.892. The zero-order valence-electron chi connectivity index (χ0n) is 8.49. The standard InChI is InChI=1S/C12H11ClFNS/c13-11-7-6-10(16-11)12(14,8-15)9-4-2-1-3-5-9/h1-7H,8,15H2. The lowest BCUT2D eigenvalue weighted by Gasteiger charge is -2.22. The Morgan fingerprint density at radius 1 is 1.19 bits per heavy atom. The third kappa shape index (κ3) is 1.98. The minimum atomic E-state index is -1.64. The lowest BCUT2D eigenvalue weighted by molar-refractivity contribution is 0.238. The van der Waals surface area contributed by atoms with Crippen molar-refractivity contribution in [3.8, 4) is 0 Å². The molecule has 1 nitrogen and oxygen atoms in total. The molecule has 2 N–H and O–H groups in total. The van der Waals surface area contributed by atoms with E-state index in [9.17, 15) is 4.39 Å². The number of thiophene rings is 1. The first-order chi connectivity index (χ1) is 7.66. The van der Waals surface area contributed by atoms with Gasteiger partial charge in [0.25, 0.3) is 0 Å². The summed E-state index contributed by atoms with van der Waals surface area (Å²) < 4.78 is 15.4. The van der Waals surface area contributed by atoms with Gasteiger partial charge in [0, 0.05) is 11.4 Å². The first-order valence-corrected chi connectivity index (χ1v) is 6.06. The van der Waals surface area contributed by atoms with E-state index in [4.69, 9.17) is 17.3 Å². The van der Waals surface area contributed by atoms with Crippen molar-refractivity contribution in [3.05, 3.63) is 57.2 Å². The molecule has 0 aliphatic heterocycles. The predicted molar refractivity (Wildman–Crippen MR) is 66.7 cm³/mol. The van der Waals surface area contributed by atoms with Crippen molar-refractivity contribution in [1.29, 1.82) is 0 Å². The monoisotopic (exact) mass is 255 g/mol. The van der Waals surface area contributed by atoms with Crippen LogP contribution in [0.3, 0.4) is 0 Å². The Bertz CT molecular complexity index is 471. The maximum atomic E-state index is 14.8. The topological polar surface area (TPSA) is 26.0 Å². The molecule has 1 heterocycles. The summed E-state index contributed by atoms with van der Waals surface area (Å²) in [4.78, 5) is 0.547. The van der Waals surface area contributed by atoms with E-state index in [2.05, 4.69) is 0 Å². The van der Waals surface area contributed by atoms with Gasteiger partial charge in [0.05, 0.1) is 4.34 Å². The Balaban J connectivity index is 2.48. The summed E-state index contributed by atoms with van der Waals surface area (Å²) in [5, 5.41) is 0. The molecule has 2 aromatic rings. The zero-order chi connectivity index (χ0) is 11.6. The molecule has 16 heavy (non-hydrogen) atoms. The van der Waals surface area contributed by atoms with E-state index in [1.165, 1.54) is 11.3 Å². The summed E-state index contributed by atoms with van der Waals surface area (Å²) in [5.74, 6) is 0. The molecular weight excluding hydrogens is 245 g/mol. The fourth-order valence-electron chi connectivity index (χ4n) is 1.59. The highest BCUT2D eigenvalue weighted by molar-refractivity contribution is 7.16. The third-order valence-corrected chi connectivity index (χ3v) is 3.84. The van der Waals surface area contributed by atoms with Gasteiger partial charge in [-0.2, -0.15) is 0 Å². The van der Waals surface area contributed by atoms with Gasteiger partial charge in [-0.3, -0.25) is 0 Å². The number of nitrogens with two attached hydrogens (primary N) is 1. The van der Waals surface area contributed by atoms with Crippen LogP contribution >= 0.6 is 22.9 Å². The number of halogens is 2. The molecule has 0 spiro atoms. The lowest BCUT2D eigenvalue weighted by Crippen LogP contribution is -2.30. The van der Waals surface area contributed by atoms with Crippen molar-refractivity contribution in [2.24, 2.45) is 5.73 Å². The molecule has 4 heteroatoms. The van der Waals surface area contributed by atoms with Gasteiger partial charge < -0.3 is 5.73 Å². The van der Waals surface area contributed by atoms with Crippen LogP contribution in [0.1, 0.15) is 10.4 Å². The Morgan fingerprint density at radius 3 is 2.38 bits per heavy atom. The molecule has 0 aliphatic carbocycles. The van der Waals surface area contributed by atoms with Crippen LogP contribution in [0.25, 0.3) is 0 Å². The molecule has 0 saturated carbocycles. The first-order valence-electron chi connectivity index (χ1n) is 4.87. The normalized spacial score (nSPS) is 14.7. The Kier molecular flexibility index (Phi) is 3.28. The van der Waals surface area contributed by atoms with Crippen LogP contribution in [0.4, 0.5) is 4.39 Å². The van der Waals surface area contributed by atoms with Crippen LogP contribution in [-0.4, -0.2) is 6.54 Å². The highest BCUT2D eigenvalue weighted by Crippen LogP contribution is 2.38. The van der Waals surface area contributed by atoms with Gasteiger partial charge >= 0.3 is 0 Å². The molecule has 0 amide bonds. The van der Waals surface area contributed by atoms with E-state index in [0.717, 1.165) is 0 Å². The fourth-order valence-corrected chi connectivity index (χ4v) is 2.75. The van der Waals surface area contributed by atoms with Gasteiger partial charge in [-0.1, -0.05) is 41.9 Å². The van der Waals surface area contributed by atoms with Crippen LogP contribution in [0, 0.1) is 0 Å². The van der Waals surface area contributed by atoms with E-state index in [-0.39, 0.29) is 6.54 Å². The SMILES string of the molecule is NCC(F)(c1ccccc1)c1ccc(Cl)s1. The van der Waals surface area contributed by atoms with Crippen molar-refractivity contribution in [1.82, 2.24) is 0 Å². The van der Waals surface area contributed by atoms with Gasteiger partial charge in [0.1, 0.15) is 0 Å². The molecule has 0 saturated heterocycles. The maximum absolute atomic E-state index is 14.8. The Labute approximate surface area is 103 Å². The Hall–Kier alpha value is -0.900. The zero-order valence-corrected chi connectivity index (χ0v) is 10.1. The van der Waals surface area contributed by atoms with E-state index in [0.29, 0.717) is 14.8 Å². The highest BCUT2D eigenvalue weighted by atomic mass is 35.5. The largest absolute Gasteiger partial charge is 0.327 e. The first kappa shape index (κ1) is 11.6. The van der Waals surface area contributed by atoms with E-state index in [1.54, 1.807) is 36.4 Å². The molecule has 0 fully saturated rings. The molecule has 0 aliphatic rings. The molecule has 2 rings (SSSR count). The van der Waals surface area contributed by atoms with Gasteiger partial charge in [-0.15, -0.1) is 11.3 Å². The molecule has 0 radical (unpaired) electrons. The van der Waals surface area contributed by atoms with Crippen molar-refractivity contribution >= 4 is 22.9 Å². The van der Waals surface area contributed by atoms with Crippen LogP contribution in [0.2, 0.25) is 4.34 Å². The summed E-state index contributed by atoms with van der Waals surface area (Å²) in [6, 6.07) is 12.3. The number of hydrogen-bond acceptors (Lipinski definition) is 2. The summed E-state index contributed by atoms with van der Waals surface area (Å²) in [6.07, 6.45) is 0. The molecule has 1 aromatic heterocycles. The van der Waals surface area contributed by atoms with Gasteiger partial charge in [-0.05, 0) is 17.7 Å². The second-order valence-electron chi connectivity index (χ2n) is 3.48. The minimum Gasteiger partial charge on any atom is -0.327 e. The van der Waals surface area contributed by atoms with Gasteiger partial charge in [0.15, 0.2) is 5.67 Å². The van der Waals surface area contributed by atoms with Crippen LogP contribution in [0.5, 0.6) is 0 Å². The number of rotatable bonds is 3. The smallest absolute Gasteiger partial charge is 0.182 e. The minimum absolute atomic E-state index is 0.0894. The third-order valence-electron chi connectivity index (χ3n) is 2.48. The number of benzene rings is 1. The van der Waals surface area contributed by atoms with Gasteiger partial charge in [0.2, 0.25) is 0 Å². The summed E-state index contributed by atoms with van der Waals surface area (Å²) in [5.41, 5.74) is 4.49. The van der Waals surface area contributed by atoms with Crippen molar-refractivity contribution in [2.45, 2.75) is 5.67 Å². The molecule has 1 unspecified atom stereocenters. The van der Waals surface area contributed by atoms with E-state index >= 15 is 0 Å². The number of hydrogen-bond donors (Lipinski definition) is 1. The van der Waals surface area contributed by atoms with Crippen molar-refractivity contribution in [2.75, 3.05) is 6.54 Å². The van der Waals surface area contributed by atoms with Crippen molar-refractivity contribution < 1.29 is 4.39 Å². The molecular formula is C12H11ClFNS.